The predicted molar refractivity (Wildman–Crippen MR) is 78.5 cm³/mol. The summed E-state index contributed by atoms with van der Waals surface area (Å²) in [6.45, 7) is 4.98. The van der Waals surface area contributed by atoms with E-state index in [0.29, 0.717) is 12.8 Å². The molecule has 0 N–H and O–H groups in total. The van der Waals surface area contributed by atoms with Crippen molar-refractivity contribution in [1.82, 2.24) is 4.98 Å². The Morgan fingerprint density at radius 3 is 2.74 bits per heavy atom. The van der Waals surface area contributed by atoms with E-state index in [4.69, 9.17) is 4.18 Å². The highest BCUT2D eigenvalue weighted by atomic mass is 79.9. The zero-order valence-electron chi connectivity index (χ0n) is 11.1. The van der Waals surface area contributed by atoms with Gasteiger partial charge in [-0.2, -0.15) is 12.8 Å². The molecule has 0 spiro atoms. The first kappa shape index (κ1) is 16.3. The number of aromatic nitrogens is 1. The minimum Gasteiger partial charge on any atom is -0.249 e. The molecule has 0 atom stereocenters. The second kappa shape index (κ2) is 6.58. The first-order chi connectivity index (χ1) is 8.68. The van der Waals surface area contributed by atoms with Crippen LogP contribution in [0.4, 0.5) is 0 Å². The zero-order valence-corrected chi connectivity index (χ0v) is 13.5. The Hall–Kier alpha value is -0.790. The molecule has 0 aliphatic heterocycles. The van der Waals surface area contributed by atoms with E-state index in [2.05, 4.69) is 25.3 Å². The van der Waals surface area contributed by atoms with Crippen molar-refractivity contribution in [2.24, 2.45) is 4.40 Å². The van der Waals surface area contributed by atoms with Crippen LogP contribution in [0.3, 0.4) is 0 Å². The molecule has 0 unspecified atom stereocenters. The summed E-state index contributed by atoms with van der Waals surface area (Å²) in [5.41, 5.74) is 0.286. The average Bonchev–Trinajstić information content (AvgIpc) is 2.21. The van der Waals surface area contributed by atoms with Gasteiger partial charge in [-0.25, -0.2) is 9.17 Å². The van der Waals surface area contributed by atoms with Crippen molar-refractivity contribution in [1.29, 1.82) is 0 Å². The maximum atomic E-state index is 11.5. The van der Waals surface area contributed by atoms with Gasteiger partial charge < -0.3 is 0 Å². The number of hydrogen-bond donors (Lipinski definition) is 0. The summed E-state index contributed by atoms with van der Waals surface area (Å²) in [7, 11) is -3.85. The van der Waals surface area contributed by atoms with Gasteiger partial charge in [-0.05, 0) is 67.2 Å². The molecule has 0 aliphatic carbocycles. The first-order valence-corrected chi connectivity index (χ1v) is 7.93. The molecular weight excluding hydrogens is 332 g/mol. The number of pyridine rings is 1. The number of aryl methyl sites for hydroxylation is 1. The highest BCUT2D eigenvalue weighted by Crippen LogP contribution is 2.13. The topological polar surface area (TPSA) is 68.6 Å². The van der Waals surface area contributed by atoms with Gasteiger partial charge in [0.1, 0.15) is 4.60 Å². The van der Waals surface area contributed by atoms with Crippen molar-refractivity contribution in [2.45, 2.75) is 39.2 Å². The quantitative estimate of drug-likeness (QED) is 0.605. The fourth-order valence-corrected chi connectivity index (χ4v) is 2.69. The number of rotatable bonds is 5. The molecule has 5 nitrogen and oxygen atoms in total. The lowest BCUT2D eigenvalue weighted by Crippen LogP contribution is -2.22. The fraction of sp³-hybridized carbons (Fsp3) is 0.500. The van der Waals surface area contributed by atoms with Crippen LogP contribution in [0, 0.1) is 0 Å². The summed E-state index contributed by atoms with van der Waals surface area (Å²) >= 11 is 3.28. The van der Waals surface area contributed by atoms with Crippen LogP contribution in [0.1, 0.15) is 32.8 Å². The molecule has 7 heteroatoms. The minimum absolute atomic E-state index is 0.517. The summed E-state index contributed by atoms with van der Waals surface area (Å²) < 4.78 is 32.0. The summed E-state index contributed by atoms with van der Waals surface area (Å²) in [5, 5.41) is 0. The fourth-order valence-electron chi connectivity index (χ4n) is 1.31. The summed E-state index contributed by atoms with van der Waals surface area (Å²) in [4.78, 5) is 4.01. The predicted octanol–water partition coefficient (Wildman–Crippen LogP) is 2.91. The third-order valence-electron chi connectivity index (χ3n) is 1.91. The molecule has 0 aliphatic rings. The standard InChI is InChI=1S/C12H17BrN2O3S/c1-12(2,3)18-19(16,17)15-7-4-5-10-6-8-14-11(13)9-10/h6-9H,4-5H2,1-3H3. The molecule has 0 saturated heterocycles. The molecule has 0 amide bonds. The van der Waals surface area contributed by atoms with Gasteiger partial charge in [-0.15, -0.1) is 0 Å². The Balaban J connectivity index is 2.51. The third kappa shape index (κ3) is 7.39. The zero-order chi connectivity index (χ0) is 14.5. The van der Waals surface area contributed by atoms with Gasteiger partial charge in [-0.1, -0.05) is 0 Å². The van der Waals surface area contributed by atoms with Gasteiger partial charge in [0.15, 0.2) is 0 Å². The van der Waals surface area contributed by atoms with E-state index in [1.165, 1.54) is 6.21 Å². The van der Waals surface area contributed by atoms with Crippen molar-refractivity contribution in [3.8, 4) is 0 Å². The largest absolute Gasteiger partial charge is 0.381 e. The molecule has 1 rings (SSSR count). The highest BCUT2D eigenvalue weighted by Gasteiger charge is 2.20. The van der Waals surface area contributed by atoms with E-state index in [-0.39, 0.29) is 0 Å². The summed E-state index contributed by atoms with van der Waals surface area (Å²) in [6, 6.07) is 3.76. The summed E-state index contributed by atoms with van der Waals surface area (Å²) in [5.74, 6) is 0. The second-order valence-corrected chi connectivity index (χ2v) is 6.98. The summed E-state index contributed by atoms with van der Waals surface area (Å²) in [6.07, 6.45) is 4.25. The van der Waals surface area contributed by atoms with Crippen LogP contribution in [0.5, 0.6) is 0 Å². The molecule has 0 bridgehead atoms. The van der Waals surface area contributed by atoms with Gasteiger partial charge in [0.2, 0.25) is 0 Å². The molecule has 0 radical (unpaired) electrons. The Bertz CT molecular complexity index is 550. The van der Waals surface area contributed by atoms with E-state index in [0.717, 1.165) is 10.2 Å². The van der Waals surface area contributed by atoms with Gasteiger partial charge in [0.05, 0.1) is 5.60 Å². The van der Waals surface area contributed by atoms with Crippen LogP contribution in [-0.4, -0.2) is 25.2 Å². The number of halogens is 1. The van der Waals surface area contributed by atoms with Crippen molar-refractivity contribution < 1.29 is 12.6 Å². The van der Waals surface area contributed by atoms with Crippen LogP contribution < -0.4 is 0 Å². The molecule has 19 heavy (non-hydrogen) atoms. The maximum absolute atomic E-state index is 11.5. The van der Waals surface area contributed by atoms with E-state index in [1.807, 2.05) is 12.1 Å². The van der Waals surface area contributed by atoms with Crippen molar-refractivity contribution in [3.05, 3.63) is 28.5 Å². The molecule has 1 aromatic heterocycles. The SMILES string of the molecule is CC(C)(C)OS(=O)(=O)N=CCCc1ccnc(Br)c1. The van der Waals surface area contributed by atoms with Gasteiger partial charge in [0, 0.05) is 12.4 Å². The lowest BCUT2D eigenvalue weighted by Gasteiger charge is -2.16. The van der Waals surface area contributed by atoms with Crippen LogP contribution >= 0.6 is 15.9 Å². The molecule has 1 aromatic rings. The van der Waals surface area contributed by atoms with Crippen molar-refractivity contribution in [2.75, 3.05) is 0 Å². The van der Waals surface area contributed by atoms with Crippen LogP contribution in [0.15, 0.2) is 27.3 Å². The van der Waals surface area contributed by atoms with E-state index in [9.17, 15) is 8.42 Å². The molecule has 0 aromatic carbocycles. The molecule has 0 fully saturated rings. The lowest BCUT2D eigenvalue weighted by atomic mass is 10.2. The van der Waals surface area contributed by atoms with Crippen LogP contribution in [0.25, 0.3) is 0 Å². The highest BCUT2D eigenvalue weighted by molar-refractivity contribution is 9.10. The minimum atomic E-state index is -3.85. The maximum Gasteiger partial charge on any atom is 0.381 e. The van der Waals surface area contributed by atoms with E-state index in [1.54, 1.807) is 27.0 Å². The van der Waals surface area contributed by atoms with Crippen molar-refractivity contribution in [3.63, 3.8) is 0 Å². The van der Waals surface area contributed by atoms with Gasteiger partial charge in [-0.3, -0.25) is 0 Å². The Labute approximate surface area is 122 Å². The average molecular weight is 349 g/mol. The number of nitrogens with zero attached hydrogens (tertiary/aromatic N) is 2. The van der Waals surface area contributed by atoms with E-state index >= 15 is 0 Å². The van der Waals surface area contributed by atoms with Gasteiger partial charge in [0.25, 0.3) is 0 Å². The molecular formula is C12H17BrN2O3S. The van der Waals surface area contributed by atoms with Crippen LogP contribution in [0.2, 0.25) is 0 Å². The third-order valence-corrected chi connectivity index (χ3v) is 3.46. The van der Waals surface area contributed by atoms with Crippen LogP contribution in [-0.2, 0) is 20.9 Å². The van der Waals surface area contributed by atoms with Crippen molar-refractivity contribution >= 4 is 32.4 Å². The lowest BCUT2D eigenvalue weighted by molar-refractivity contribution is 0.140. The monoisotopic (exact) mass is 348 g/mol. The van der Waals surface area contributed by atoms with E-state index < -0.39 is 15.9 Å². The normalized spacial score (nSPS) is 13.1. The Kier molecular flexibility index (Phi) is 5.64. The molecule has 1 heterocycles. The Morgan fingerprint density at radius 1 is 1.47 bits per heavy atom. The Morgan fingerprint density at radius 2 is 2.16 bits per heavy atom. The molecule has 106 valence electrons. The van der Waals surface area contributed by atoms with Gasteiger partial charge >= 0.3 is 10.3 Å². The second-order valence-electron chi connectivity index (χ2n) is 4.94. The first-order valence-electron chi connectivity index (χ1n) is 5.78. The molecule has 0 saturated carbocycles. The smallest absolute Gasteiger partial charge is 0.249 e. The number of hydrogen-bond acceptors (Lipinski definition) is 4.